The molecule has 0 atom stereocenters. The SMILES string of the molecule is C=CCN(CC=C)Cc1ccc(CN)s1. The van der Waals surface area contributed by atoms with Crippen LogP contribution in [0.25, 0.3) is 0 Å². The molecule has 3 heteroatoms. The van der Waals surface area contributed by atoms with Crippen molar-refractivity contribution in [2.75, 3.05) is 13.1 Å². The third-order valence-electron chi connectivity index (χ3n) is 2.07. The van der Waals surface area contributed by atoms with Gasteiger partial charge in [-0.1, -0.05) is 12.2 Å². The number of hydrogen-bond acceptors (Lipinski definition) is 3. The van der Waals surface area contributed by atoms with Crippen molar-refractivity contribution < 1.29 is 0 Å². The molecule has 0 aliphatic rings. The Morgan fingerprint density at radius 2 is 1.80 bits per heavy atom. The molecule has 2 N–H and O–H groups in total. The van der Waals surface area contributed by atoms with E-state index in [0.717, 1.165) is 19.6 Å². The van der Waals surface area contributed by atoms with Crippen molar-refractivity contribution in [1.82, 2.24) is 4.90 Å². The zero-order chi connectivity index (χ0) is 11.1. The van der Waals surface area contributed by atoms with Crippen LogP contribution in [0.5, 0.6) is 0 Å². The van der Waals surface area contributed by atoms with E-state index in [4.69, 9.17) is 5.73 Å². The van der Waals surface area contributed by atoms with E-state index < -0.39 is 0 Å². The van der Waals surface area contributed by atoms with Gasteiger partial charge in [-0.2, -0.15) is 0 Å². The van der Waals surface area contributed by atoms with Gasteiger partial charge in [0, 0.05) is 35.9 Å². The van der Waals surface area contributed by atoms with Crippen molar-refractivity contribution in [3.05, 3.63) is 47.2 Å². The van der Waals surface area contributed by atoms with Crippen LogP contribution in [-0.2, 0) is 13.1 Å². The Hall–Kier alpha value is -0.900. The fourth-order valence-electron chi connectivity index (χ4n) is 1.41. The van der Waals surface area contributed by atoms with Crippen LogP contribution in [0.2, 0.25) is 0 Å². The summed E-state index contributed by atoms with van der Waals surface area (Å²) in [4.78, 5) is 4.87. The largest absolute Gasteiger partial charge is 0.326 e. The predicted octanol–water partition coefficient (Wildman–Crippen LogP) is 2.38. The number of rotatable bonds is 7. The lowest BCUT2D eigenvalue weighted by molar-refractivity contribution is 0.331. The summed E-state index contributed by atoms with van der Waals surface area (Å²) in [6.45, 7) is 10.9. The number of nitrogens with zero attached hydrogens (tertiary/aromatic N) is 1. The van der Waals surface area contributed by atoms with Gasteiger partial charge in [0.25, 0.3) is 0 Å². The third-order valence-corrected chi connectivity index (χ3v) is 3.16. The fourth-order valence-corrected chi connectivity index (χ4v) is 2.35. The van der Waals surface area contributed by atoms with Crippen LogP contribution in [0.1, 0.15) is 9.75 Å². The first-order valence-corrected chi connectivity index (χ1v) is 5.83. The molecule has 15 heavy (non-hydrogen) atoms. The second-order valence-electron chi connectivity index (χ2n) is 3.34. The fraction of sp³-hybridized carbons (Fsp3) is 0.333. The van der Waals surface area contributed by atoms with E-state index in [1.165, 1.54) is 9.75 Å². The monoisotopic (exact) mass is 222 g/mol. The normalized spacial score (nSPS) is 10.5. The van der Waals surface area contributed by atoms with Gasteiger partial charge in [-0.25, -0.2) is 0 Å². The molecule has 0 fully saturated rings. The second kappa shape index (κ2) is 6.56. The molecule has 1 heterocycles. The number of hydrogen-bond donors (Lipinski definition) is 1. The Balaban J connectivity index is 2.55. The van der Waals surface area contributed by atoms with Crippen LogP contribution in [0.4, 0.5) is 0 Å². The second-order valence-corrected chi connectivity index (χ2v) is 4.60. The summed E-state index contributed by atoms with van der Waals surface area (Å²) < 4.78 is 0. The first kappa shape index (κ1) is 12.2. The van der Waals surface area contributed by atoms with Crippen molar-refractivity contribution in [3.8, 4) is 0 Å². The smallest absolute Gasteiger partial charge is 0.0334 e. The van der Waals surface area contributed by atoms with Gasteiger partial charge in [0.15, 0.2) is 0 Å². The van der Waals surface area contributed by atoms with Gasteiger partial charge in [-0.05, 0) is 12.1 Å². The molecule has 0 amide bonds. The van der Waals surface area contributed by atoms with Crippen molar-refractivity contribution in [1.29, 1.82) is 0 Å². The molecule has 0 aliphatic carbocycles. The maximum Gasteiger partial charge on any atom is 0.0334 e. The molecule has 0 aromatic carbocycles. The Bertz CT molecular complexity index is 307. The molecule has 0 spiro atoms. The minimum atomic E-state index is 0.633. The van der Waals surface area contributed by atoms with E-state index in [-0.39, 0.29) is 0 Å². The Morgan fingerprint density at radius 1 is 1.20 bits per heavy atom. The van der Waals surface area contributed by atoms with Gasteiger partial charge >= 0.3 is 0 Å². The Kier molecular flexibility index (Phi) is 5.32. The molecular formula is C12H18N2S. The van der Waals surface area contributed by atoms with Gasteiger partial charge in [0.05, 0.1) is 0 Å². The van der Waals surface area contributed by atoms with Crippen LogP contribution < -0.4 is 5.73 Å². The molecule has 82 valence electrons. The van der Waals surface area contributed by atoms with Gasteiger partial charge in [-0.15, -0.1) is 24.5 Å². The predicted molar refractivity (Wildman–Crippen MR) is 67.9 cm³/mol. The lowest BCUT2D eigenvalue weighted by Gasteiger charge is -2.17. The molecule has 1 aromatic heterocycles. The highest BCUT2D eigenvalue weighted by Crippen LogP contribution is 2.17. The maximum atomic E-state index is 5.58. The molecule has 1 aromatic rings. The van der Waals surface area contributed by atoms with Crippen molar-refractivity contribution in [3.63, 3.8) is 0 Å². The lowest BCUT2D eigenvalue weighted by Crippen LogP contribution is -2.22. The first-order chi connectivity index (χ1) is 7.30. The number of thiophene rings is 1. The zero-order valence-electron chi connectivity index (χ0n) is 8.98. The van der Waals surface area contributed by atoms with Crippen molar-refractivity contribution >= 4 is 11.3 Å². The Morgan fingerprint density at radius 3 is 2.27 bits per heavy atom. The molecule has 0 saturated carbocycles. The van der Waals surface area contributed by atoms with Crippen LogP contribution in [0.3, 0.4) is 0 Å². The van der Waals surface area contributed by atoms with Crippen LogP contribution in [-0.4, -0.2) is 18.0 Å². The van der Waals surface area contributed by atoms with Gasteiger partial charge < -0.3 is 5.73 Å². The van der Waals surface area contributed by atoms with E-state index in [1.54, 1.807) is 11.3 Å². The average molecular weight is 222 g/mol. The average Bonchev–Trinajstić information content (AvgIpc) is 2.66. The lowest BCUT2D eigenvalue weighted by atomic mass is 10.3. The summed E-state index contributed by atoms with van der Waals surface area (Å²) in [5, 5.41) is 0. The van der Waals surface area contributed by atoms with E-state index in [0.29, 0.717) is 6.54 Å². The quantitative estimate of drug-likeness (QED) is 0.718. The van der Waals surface area contributed by atoms with E-state index in [2.05, 4.69) is 30.2 Å². The summed E-state index contributed by atoms with van der Waals surface area (Å²) in [5.74, 6) is 0. The van der Waals surface area contributed by atoms with Gasteiger partial charge in [0.1, 0.15) is 0 Å². The maximum absolute atomic E-state index is 5.58. The van der Waals surface area contributed by atoms with Crippen LogP contribution >= 0.6 is 11.3 Å². The third kappa shape index (κ3) is 4.00. The molecule has 0 radical (unpaired) electrons. The van der Waals surface area contributed by atoms with Gasteiger partial charge in [-0.3, -0.25) is 4.90 Å². The zero-order valence-corrected chi connectivity index (χ0v) is 9.80. The minimum absolute atomic E-state index is 0.633. The molecule has 0 unspecified atom stereocenters. The molecule has 0 aliphatic heterocycles. The highest BCUT2D eigenvalue weighted by molar-refractivity contribution is 7.11. The van der Waals surface area contributed by atoms with Crippen molar-refractivity contribution in [2.45, 2.75) is 13.1 Å². The van der Waals surface area contributed by atoms with E-state index in [1.807, 2.05) is 12.2 Å². The molecule has 2 nitrogen and oxygen atoms in total. The standard InChI is InChI=1S/C12H18N2S/c1-3-7-14(8-4-2)10-12-6-5-11(9-13)15-12/h3-6H,1-2,7-10,13H2. The Labute approximate surface area is 95.7 Å². The molecule has 1 rings (SSSR count). The summed E-state index contributed by atoms with van der Waals surface area (Å²) >= 11 is 1.78. The first-order valence-electron chi connectivity index (χ1n) is 5.02. The molecule has 0 saturated heterocycles. The summed E-state index contributed by atoms with van der Waals surface area (Å²) in [6, 6.07) is 4.24. The molecule has 0 bridgehead atoms. The molecular weight excluding hydrogens is 204 g/mol. The summed E-state index contributed by atoms with van der Waals surface area (Å²) in [5.41, 5.74) is 5.58. The summed E-state index contributed by atoms with van der Waals surface area (Å²) in [7, 11) is 0. The number of nitrogens with two attached hydrogens (primary N) is 1. The highest BCUT2D eigenvalue weighted by Gasteiger charge is 2.04. The minimum Gasteiger partial charge on any atom is -0.326 e. The van der Waals surface area contributed by atoms with Gasteiger partial charge in [0.2, 0.25) is 0 Å². The summed E-state index contributed by atoms with van der Waals surface area (Å²) in [6.07, 6.45) is 3.84. The topological polar surface area (TPSA) is 29.3 Å². The van der Waals surface area contributed by atoms with Crippen LogP contribution in [0, 0.1) is 0 Å². The van der Waals surface area contributed by atoms with Crippen molar-refractivity contribution in [2.24, 2.45) is 5.73 Å². The van der Waals surface area contributed by atoms with E-state index >= 15 is 0 Å². The van der Waals surface area contributed by atoms with E-state index in [9.17, 15) is 0 Å². The van der Waals surface area contributed by atoms with Crippen LogP contribution in [0.15, 0.2) is 37.4 Å². The highest BCUT2D eigenvalue weighted by atomic mass is 32.1.